The fourth-order valence-corrected chi connectivity index (χ4v) is 1.44. The van der Waals surface area contributed by atoms with Gasteiger partial charge in [0.25, 0.3) is 0 Å². The summed E-state index contributed by atoms with van der Waals surface area (Å²) in [7, 11) is 0. The first-order valence-corrected chi connectivity index (χ1v) is 5.12. The first-order chi connectivity index (χ1) is 8.31. The first-order valence-electron chi connectivity index (χ1n) is 5.12. The molecule has 0 aromatic carbocycles. The second-order valence-electron chi connectivity index (χ2n) is 3.41. The molecule has 5 nitrogen and oxygen atoms in total. The molecule has 1 N–H and O–H groups in total. The Morgan fingerprint density at radius 1 is 1.35 bits per heavy atom. The van der Waals surface area contributed by atoms with E-state index in [1.165, 1.54) is 10.9 Å². The summed E-state index contributed by atoms with van der Waals surface area (Å²) in [5.74, 6) is 0. The van der Waals surface area contributed by atoms with E-state index >= 15 is 0 Å². The predicted octanol–water partition coefficient (Wildman–Crippen LogP) is 1.76. The highest BCUT2D eigenvalue weighted by atomic mass is 16.2. The van der Waals surface area contributed by atoms with Crippen molar-refractivity contribution < 1.29 is 4.79 Å². The molecule has 0 bridgehead atoms. The third-order valence-electron chi connectivity index (χ3n) is 2.32. The zero-order valence-corrected chi connectivity index (χ0v) is 9.15. The minimum Gasteiger partial charge on any atom is -0.327 e. The maximum absolute atomic E-state index is 11.8. The first kappa shape index (κ1) is 11.1. The third kappa shape index (κ3) is 2.57. The number of nitrogens with zero attached hydrogens (tertiary/aromatic N) is 3. The molecule has 0 aliphatic carbocycles. The highest BCUT2D eigenvalue weighted by Gasteiger charge is 2.11. The lowest BCUT2D eigenvalue weighted by Gasteiger charge is -2.14. The van der Waals surface area contributed by atoms with Crippen LogP contribution < -0.4 is 5.32 Å². The van der Waals surface area contributed by atoms with E-state index in [-0.39, 0.29) is 12.1 Å². The van der Waals surface area contributed by atoms with Crippen LogP contribution in [0, 0.1) is 0 Å². The molecular weight excluding hydrogens is 216 g/mol. The number of imidazole rings is 1. The smallest absolute Gasteiger partial charge is 0.327 e. The van der Waals surface area contributed by atoms with Crippen molar-refractivity contribution in [1.82, 2.24) is 19.9 Å². The maximum atomic E-state index is 11.8. The maximum Gasteiger partial charge on any atom is 0.327 e. The molecule has 5 heteroatoms. The van der Waals surface area contributed by atoms with Gasteiger partial charge in [-0.2, -0.15) is 0 Å². The summed E-state index contributed by atoms with van der Waals surface area (Å²) in [6, 6.07) is 3.18. The van der Waals surface area contributed by atoms with Crippen molar-refractivity contribution in [2.45, 2.75) is 6.04 Å². The van der Waals surface area contributed by atoms with Gasteiger partial charge in [0.15, 0.2) is 0 Å². The minimum atomic E-state index is -0.246. The van der Waals surface area contributed by atoms with Crippen molar-refractivity contribution in [1.29, 1.82) is 0 Å². The average Bonchev–Trinajstić information content (AvgIpc) is 2.90. The number of pyridine rings is 1. The summed E-state index contributed by atoms with van der Waals surface area (Å²) in [5.41, 5.74) is 0.934. The Balaban J connectivity index is 2.11. The lowest BCUT2D eigenvalue weighted by Crippen LogP contribution is -2.30. The van der Waals surface area contributed by atoms with Crippen LogP contribution in [0.25, 0.3) is 0 Å². The Hall–Kier alpha value is -2.43. The van der Waals surface area contributed by atoms with Crippen molar-refractivity contribution in [3.63, 3.8) is 0 Å². The van der Waals surface area contributed by atoms with Gasteiger partial charge in [0.2, 0.25) is 0 Å². The zero-order valence-electron chi connectivity index (χ0n) is 9.15. The van der Waals surface area contributed by atoms with Gasteiger partial charge in [0, 0.05) is 24.8 Å². The fourth-order valence-electron chi connectivity index (χ4n) is 1.44. The number of carbonyl (C=O) groups excluding carboxylic acids is 1. The van der Waals surface area contributed by atoms with E-state index in [4.69, 9.17) is 0 Å². The molecule has 1 amide bonds. The molecule has 0 saturated heterocycles. The Labute approximate surface area is 98.8 Å². The molecule has 0 fully saturated rings. The van der Waals surface area contributed by atoms with Crippen LogP contribution in [0.5, 0.6) is 0 Å². The second-order valence-corrected chi connectivity index (χ2v) is 3.41. The standard InChI is InChI=1S/C12H12N4O/c1-2-11(10-3-5-13-6-4-10)15-12(17)16-8-7-14-9-16/h2-9,11H,1H2,(H,15,17). The molecule has 17 heavy (non-hydrogen) atoms. The summed E-state index contributed by atoms with van der Waals surface area (Å²) >= 11 is 0. The quantitative estimate of drug-likeness (QED) is 0.814. The summed E-state index contributed by atoms with van der Waals surface area (Å²) in [6.45, 7) is 3.71. The highest BCUT2D eigenvalue weighted by molar-refractivity contribution is 5.77. The van der Waals surface area contributed by atoms with Gasteiger partial charge in [0.05, 0.1) is 6.04 Å². The molecule has 2 rings (SSSR count). The van der Waals surface area contributed by atoms with Gasteiger partial charge < -0.3 is 5.32 Å². The van der Waals surface area contributed by atoms with Crippen molar-refractivity contribution in [3.8, 4) is 0 Å². The van der Waals surface area contributed by atoms with Crippen LogP contribution in [0.4, 0.5) is 4.79 Å². The Bertz CT molecular complexity index is 492. The lowest BCUT2D eigenvalue weighted by molar-refractivity contribution is 0.240. The second kappa shape index (κ2) is 5.07. The average molecular weight is 228 g/mol. The van der Waals surface area contributed by atoms with Gasteiger partial charge in [0.1, 0.15) is 6.33 Å². The van der Waals surface area contributed by atoms with Crippen LogP contribution in [0.15, 0.2) is 55.9 Å². The molecule has 86 valence electrons. The Kier molecular flexibility index (Phi) is 3.30. The van der Waals surface area contributed by atoms with Crippen LogP contribution >= 0.6 is 0 Å². The number of rotatable bonds is 3. The van der Waals surface area contributed by atoms with Gasteiger partial charge in [-0.05, 0) is 17.7 Å². The number of carbonyl (C=O) groups is 1. The van der Waals surface area contributed by atoms with Gasteiger partial charge in [-0.1, -0.05) is 6.08 Å². The SMILES string of the molecule is C=CC(NC(=O)n1ccnc1)c1ccncc1. The third-order valence-corrected chi connectivity index (χ3v) is 2.32. The Morgan fingerprint density at radius 2 is 2.12 bits per heavy atom. The predicted molar refractivity (Wildman–Crippen MR) is 63.3 cm³/mol. The van der Waals surface area contributed by atoms with Crippen LogP contribution in [0.1, 0.15) is 11.6 Å². The molecule has 1 atom stereocenters. The molecule has 0 saturated carbocycles. The van der Waals surface area contributed by atoms with E-state index in [2.05, 4.69) is 21.9 Å². The van der Waals surface area contributed by atoms with Gasteiger partial charge in [-0.25, -0.2) is 9.78 Å². The van der Waals surface area contributed by atoms with Crippen LogP contribution in [0.2, 0.25) is 0 Å². The lowest BCUT2D eigenvalue weighted by atomic mass is 10.1. The van der Waals surface area contributed by atoms with Crippen molar-refractivity contribution in [2.24, 2.45) is 0 Å². The van der Waals surface area contributed by atoms with Crippen molar-refractivity contribution in [2.75, 3.05) is 0 Å². The molecule has 0 aliphatic rings. The van der Waals surface area contributed by atoms with Crippen molar-refractivity contribution in [3.05, 3.63) is 61.5 Å². The molecular formula is C12H12N4O. The number of nitrogens with one attached hydrogen (secondary N) is 1. The van der Waals surface area contributed by atoms with E-state index < -0.39 is 0 Å². The van der Waals surface area contributed by atoms with Gasteiger partial charge in [-0.15, -0.1) is 6.58 Å². The summed E-state index contributed by atoms with van der Waals surface area (Å²) in [6.07, 6.45) is 9.60. The zero-order chi connectivity index (χ0) is 12.1. The number of aromatic nitrogens is 3. The highest BCUT2D eigenvalue weighted by Crippen LogP contribution is 2.12. The van der Waals surface area contributed by atoms with E-state index in [1.54, 1.807) is 30.9 Å². The number of hydrogen-bond donors (Lipinski definition) is 1. The molecule has 0 aliphatic heterocycles. The van der Waals surface area contributed by atoms with Crippen LogP contribution in [0.3, 0.4) is 0 Å². The number of hydrogen-bond acceptors (Lipinski definition) is 3. The molecule has 0 spiro atoms. The molecule has 2 aromatic rings. The molecule has 1 unspecified atom stereocenters. The van der Waals surface area contributed by atoms with Crippen LogP contribution in [-0.2, 0) is 0 Å². The minimum absolute atomic E-state index is 0.243. The molecule has 2 aromatic heterocycles. The van der Waals surface area contributed by atoms with E-state index in [1.807, 2.05) is 12.1 Å². The Morgan fingerprint density at radius 3 is 2.71 bits per heavy atom. The number of amides is 1. The van der Waals surface area contributed by atoms with E-state index in [9.17, 15) is 4.79 Å². The van der Waals surface area contributed by atoms with E-state index in [0.717, 1.165) is 5.56 Å². The van der Waals surface area contributed by atoms with E-state index in [0.29, 0.717) is 0 Å². The largest absolute Gasteiger partial charge is 0.327 e. The van der Waals surface area contributed by atoms with Gasteiger partial charge in [-0.3, -0.25) is 9.55 Å². The molecule has 0 radical (unpaired) electrons. The fraction of sp³-hybridized carbons (Fsp3) is 0.0833. The summed E-state index contributed by atoms with van der Waals surface area (Å²) in [4.78, 5) is 19.5. The summed E-state index contributed by atoms with van der Waals surface area (Å²) < 4.78 is 1.37. The van der Waals surface area contributed by atoms with Crippen LogP contribution in [-0.4, -0.2) is 20.6 Å². The normalized spacial score (nSPS) is 11.8. The topological polar surface area (TPSA) is 59.8 Å². The molecule has 2 heterocycles. The summed E-state index contributed by atoms with van der Waals surface area (Å²) in [5, 5.41) is 2.82. The van der Waals surface area contributed by atoms with Gasteiger partial charge >= 0.3 is 6.03 Å². The monoisotopic (exact) mass is 228 g/mol. The van der Waals surface area contributed by atoms with Crippen molar-refractivity contribution >= 4 is 6.03 Å².